The van der Waals surface area contributed by atoms with E-state index in [0.29, 0.717) is 11.6 Å². The van der Waals surface area contributed by atoms with Gasteiger partial charge in [-0.05, 0) is 37.6 Å². The summed E-state index contributed by atoms with van der Waals surface area (Å²) in [7, 11) is 0. The number of nitrogens with two attached hydrogens (primary N) is 1. The van der Waals surface area contributed by atoms with Crippen LogP contribution in [-0.2, 0) is 0 Å². The van der Waals surface area contributed by atoms with Crippen LogP contribution >= 0.6 is 0 Å². The van der Waals surface area contributed by atoms with Gasteiger partial charge in [0.2, 0.25) is 0 Å². The van der Waals surface area contributed by atoms with E-state index < -0.39 is 6.04 Å². The maximum Gasteiger partial charge on any atom is 0.152 e. The molecule has 0 bridgehead atoms. The van der Waals surface area contributed by atoms with Gasteiger partial charge >= 0.3 is 0 Å². The molecule has 19 heavy (non-hydrogen) atoms. The van der Waals surface area contributed by atoms with Crippen LogP contribution in [0, 0.1) is 13.8 Å². The lowest BCUT2D eigenvalue weighted by Gasteiger charge is -2.06. The summed E-state index contributed by atoms with van der Waals surface area (Å²) >= 11 is 0. The minimum absolute atomic E-state index is 0.437. The zero-order chi connectivity index (χ0) is 13.4. The van der Waals surface area contributed by atoms with E-state index in [1.165, 1.54) is 5.56 Å². The van der Waals surface area contributed by atoms with Crippen LogP contribution in [0.5, 0.6) is 0 Å². The van der Waals surface area contributed by atoms with Crippen molar-refractivity contribution in [2.24, 2.45) is 5.73 Å². The molecule has 1 unspecified atom stereocenters. The topological polar surface area (TPSA) is 64.9 Å². The number of aryl methyl sites for hydroxylation is 2. The SMILES string of the molecule is Cc1cnc(C(N)c2cc3cc(C)ccc3o2)nc1. The predicted molar refractivity (Wildman–Crippen MR) is 73.8 cm³/mol. The Hall–Kier alpha value is -2.20. The van der Waals surface area contributed by atoms with E-state index in [1.807, 2.05) is 25.1 Å². The summed E-state index contributed by atoms with van der Waals surface area (Å²) in [5.41, 5.74) is 9.19. The van der Waals surface area contributed by atoms with Crippen LogP contribution in [0.1, 0.15) is 28.8 Å². The van der Waals surface area contributed by atoms with E-state index in [1.54, 1.807) is 12.4 Å². The lowest BCUT2D eigenvalue weighted by molar-refractivity contribution is 0.515. The maximum atomic E-state index is 6.15. The first-order valence-electron chi connectivity index (χ1n) is 6.18. The van der Waals surface area contributed by atoms with E-state index >= 15 is 0 Å². The third-order valence-electron chi connectivity index (χ3n) is 3.08. The highest BCUT2D eigenvalue weighted by Crippen LogP contribution is 2.25. The third-order valence-corrected chi connectivity index (χ3v) is 3.08. The summed E-state index contributed by atoms with van der Waals surface area (Å²) < 4.78 is 5.76. The molecule has 4 nitrogen and oxygen atoms in total. The van der Waals surface area contributed by atoms with Crippen LogP contribution in [0.25, 0.3) is 11.0 Å². The molecule has 0 aliphatic heterocycles. The van der Waals surface area contributed by atoms with Gasteiger partial charge in [0.15, 0.2) is 5.82 Å². The minimum Gasteiger partial charge on any atom is -0.459 e. The zero-order valence-electron chi connectivity index (χ0n) is 10.9. The van der Waals surface area contributed by atoms with Crippen molar-refractivity contribution < 1.29 is 4.42 Å². The van der Waals surface area contributed by atoms with Crippen LogP contribution in [0.4, 0.5) is 0 Å². The number of aromatic nitrogens is 2. The second-order valence-corrected chi connectivity index (χ2v) is 4.79. The Labute approximate surface area is 111 Å². The van der Waals surface area contributed by atoms with Crippen LogP contribution in [0.15, 0.2) is 41.1 Å². The van der Waals surface area contributed by atoms with Crippen molar-refractivity contribution in [1.82, 2.24) is 9.97 Å². The third kappa shape index (κ3) is 2.22. The molecule has 2 N–H and O–H groups in total. The first-order valence-corrected chi connectivity index (χ1v) is 6.18. The molecule has 3 rings (SSSR count). The lowest BCUT2D eigenvalue weighted by Crippen LogP contribution is -2.14. The second kappa shape index (κ2) is 4.48. The molecule has 96 valence electrons. The maximum absolute atomic E-state index is 6.15. The summed E-state index contributed by atoms with van der Waals surface area (Å²) in [6.07, 6.45) is 3.52. The number of fused-ring (bicyclic) bond motifs is 1. The highest BCUT2D eigenvalue weighted by molar-refractivity contribution is 5.78. The van der Waals surface area contributed by atoms with Crippen molar-refractivity contribution in [2.45, 2.75) is 19.9 Å². The van der Waals surface area contributed by atoms with Crippen molar-refractivity contribution in [3.05, 3.63) is 59.4 Å². The molecule has 1 atom stereocenters. The summed E-state index contributed by atoms with van der Waals surface area (Å²) in [5.74, 6) is 1.26. The van der Waals surface area contributed by atoms with E-state index in [9.17, 15) is 0 Å². The van der Waals surface area contributed by atoms with Gasteiger partial charge < -0.3 is 10.2 Å². The Balaban J connectivity index is 2.01. The summed E-state index contributed by atoms with van der Waals surface area (Å²) in [6, 6.07) is 7.56. The lowest BCUT2D eigenvalue weighted by atomic mass is 10.1. The second-order valence-electron chi connectivity index (χ2n) is 4.79. The Kier molecular flexibility index (Phi) is 2.80. The molecule has 0 aliphatic carbocycles. The molecule has 1 aromatic carbocycles. The molecule has 0 spiro atoms. The molecule has 0 amide bonds. The molecule has 0 aliphatic rings. The summed E-state index contributed by atoms with van der Waals surface area (Å²) in [6.45, 7) is 3.99. The minimum atomic E-state index is -0.437. The number of hydrogen-bond acceptors (Lipinski definition) is 4. The standard InChI is InChI=1S/C15H15N3O/c1-9-3-4-12-11(5-9)6-13(19-12)14(16)15-17-7-10(2)8-18-15/h3-8,14H,16H2,1-2H3. The van der Waals surface area contributed by atoms with Crippen molar-refractivity contribution in [1.29, 1.82) is 0 Å². The zero-order valence-corrected chi connectivity index (χ0v) is 10.9. The molecule has 0 fully saturated rings. The van der Waals surface area contributed by atoms with Crippen molar-refractivity contribution in [3.8, 4) is 0 Å². The Bertz CT molecular complexity index is 716. The fourth-order valence-corrected chi connectivity index (χ4v) is 2.03. The largest absolute Gasteiger partial charge is 0.459 e. The number of furan rings is 1. The van der Waals surface area contributed by atoms with Crippen molar-refractivity contribution in [3.63, 3.8) is 0 Å². The number of hydrogen-bond donors (Lipinski definition) is 1. The van der Waals surface area contributed by atoms with Crippen LogP contribution in [0.2, 0.25) is 0 Å². The van der Waals surface area contributed by atoms with Gasteiger partial charge in [-0.2, -0.15) is 0 Å². The highest BCUT2D eigenvalue weighted by atomic mass is 16.3. The van der Waals surface area contributed by atoms with Gasteiger partial charge in [0, 0.05) is 17.8 Å². The average molecular weight is 253 g/mol. The number of rotatable bonds is 2. The molecular weight excluding hydrogens is 238 g/mol. The van der Waals surface area contributed by atoms with Gasteiger partial charge in [-0.1, -0.05) is 11.6 Å². The average Bonchev–Trinajstić information content (AvgIpc) is 2.81. The van der Waals surface area contributed by atoms with Gasteiger partial charge in [-0.15, -0.1) is 0 Å². The molecule has 0 saturated carbocycles. The smallest absolute Gasteiger partial charge is 0.152 e. The molecule has 0 radical (unpaired) electrons. The van der Waals surface area contributed by atoms with Gasteiger partial charge in [0.05, 0.1) is 0 Å². The van der Waals surface area contributed by atoms with E-state index in [-0.39, 0.29) is 0 Å². The molecule has 3 aromatic rings. The monoisotopic (exact) mass is 253 g/mol. The van der Waals surface area contributed by atoms with Crippen molar-refractivity contribution in [2.75, 3.05) is 0 Å². The molecule has 0 saturated heterocycles. The summed E-state index contributed by atoms with van der Waals surface area (Å²) in [5, 5.41) is 1.05. The highest BCUT2D eigenvalue weighted by Gasteiger charge is 2.16. The van der Waals surface area contributed by atoms with Crippen LogP contribution in [0.3, 0.4) is 0 Å². The quantitative estimate of drug-likeness (QED) is 0.762. The number of nitrogens with zero attached hydrogens (tertiary/aromatic N) is 2. The Morgan fingerprint density at radius 1 is 1.05 bits per heavy atom. The molecule has 2 heterocycles. The summed E-state index contributed by atoms with van der Waals surface area (Å²) in [4.78, 5) is 8.49. The van der Waals surface area contributed by atoms with E-state index in [2.05, 4.69) is 23.0 Å². The first kappa shape index (κ1) is 11.9. The predicted octanol–water partition coefficient (Wildman–Crippen LogP) is 2.89. The molecule has 2 aromatic heterocycles. The molecule has 4 heteroatoms. The fourth-order valence-electron chi connectivity index (χ4n) is 2.03. The van der Waals surface area contributed by atoms with Crippen LogP contribution < -0.4 is 5.73 Å². The van der Waals surface area contributed by atoms with Gasteiger partial charge in [-0.25, -0.2) is 9.97 Å². The van der Waals surface area contributed by atoms with Crippen molar-refractivity contribution >= 4 is 11.0 Å². The first-order chi connectivity index (χ1) is 9.13. The van der Waals surface area contributed by atoms with E-state index in [4.69, 9.17) is 10.2 Å². The molecular formula is C15H15N3O. The van der Waals surface area contributed by atoms with E-state index in [0.717, 1.165) is 16.5 Å². The fraction of sp³-hybridized carbons (Fsp3) is 0.200. The Morgan fingerprint density at radius 2 is 1.79 bits per heavy atom. The van der Waals surface area contributed by atoms with Gasteiger partial charge in [-0.3, -0.25) is 0 Å². The number of benzene rings is 1. The Morgan fingerprint density at radius 3 is 2.53 bits per heavy atom. The van der Waals surface area contributed by atoms with Crippen LogP contribution in [-0.4, -0.2) is 9.97 Å². The normalized spacial score (nSPS) is 12.8. The van der Waals surface area contributed by atoms with Gasteiger partial charge in [0.1, 0.15) is 17.4 Å². The van der Waals surface area contributed by atoms with Gasteiger partial charge in [0.25, 0.3) is 0 Å².